The Labute approximate surface area is 230 Å². The first-order valence-electron chi connectivity index (χ1n) is 12.3. The highest BCUT2D eigenvalue weighted by molar-refractivity contribution is 6.31. The molecule has 39 heavy (non-hydrogen) atoms. The molecule has 200 valence electrons. The number of pyridine rings is 1. The number of nitrogens with one attached hydrogen (secondary N) is 1. The van der Waals surface area contributed by atoms with Crippen molar-refractivity contribution in [2.45, 2.75) is 19.1 Å². The highest BCUT2D eigenvalue weighted by Gasteiger charge is 2.42. The van der Waals surface area contributed by atoms with Gasteiger partial charge in [-0.15, -0.1) is 0 Å². The van der Waals surface area contributed by atoms with Crippen LogP contribution in [0.25, 0.3) is 0 Å². The Hall–Kier alpha value is -4.30. The summed E-state index contributed by atoms with van der Waals surface area (Å²) in [7, 11) is 4.74. The summed E-state index contributed by atoms with van der Waals surface area (Å²) in [5.74, 6) is 0.594. The van der Waals surface area contributed by atoms with Crippen molar-refractivity contribution >= 4 is 23.2 Å². The van der Waals surface area contributed by atoms with Gasteiger partial charge in [0.15, 0.2) is 0 Å². The van der Waals surface area contributed by atoms with Crippen LogP contribution >= 0.6 is 11.6 Å². The molecule has 9 heteroatoms. The van der Waals surface area contributed by atoms with Gasteiger partial charge >= 0.3 is 0 Å². The van der Waals surface area contributed by atoms with Gasteiger partial charge < -0.3 is 24.3 Å². The van der Waals surface area contributed by atoms with E-state index >= 15 is 0 Å². The van der Waals surface area contributed by atoms with E-state index in [4.69, 9.17) is 21.1 Å². The highest BCUT2D eigenvalue weighted by atomic mass is 35.5. The molecule has 1 aromatic heterocycles. The maximum absolute atomic E-state index is 14.5. The minimum Gasteiger partial charge on any atom is -0.497 e. The summed E-state index contributed by atoms with van der Waals surface area (Å²) in [6.07, 6.45) is 0. The SMILES string of the molecule is COc1ccc(CNc2cc(=O)n(C)c3c2C(c2cc(F)ccc2Cl)N(Cc2ccc(OC)cc2)C3=O)cc1. The molecule has 1 unspecified atom stereocenters. The maximum Gasteiger partial charge on any atom is 0.272 e. The molecule has 1 N–H and O–H groups in total. The lowest BCUT2D eigenvalue weighted by Gasteiger charge is -2.27. The Morgan fingerprint density at radius 1 is 0.897 bits per heavy atom. The molecule has 7 nitrogen and oxygen atoms in total. The molecule has 1 aliphatic rings. The molecule has 0 saturated heterocycles. The predicted molar refractivity (Wildman–Crippen MR) is 148 cm³/mol. The van der Waals surface area contributed by atoms with E-state index in [-0.39, 0.29) is 23.7 Å². The number of carbonyl (C=O) groups is 1. The lowest BCUT2D eigenvalue weighted by atomic mass is 9.97. The lowest BCUT2D eigenvalue weighted by molar-refractivity contribution is 0.0728. The number of methoxy groups -OCH3 is 2. The van der Waals surface area contributed by atoms with E-state index in [1.165, 1.54) is 28.8 Å². The minimum atomic E-state index is -0.733. The second kappa shape index (κ2) is 10.8. The van der Waals surface area contributed by atoms with Crippen molar-refractivity contribution in [3.05, 3.63) is 122 Å². The second-order valence-electron chi connectivity index (χ2n) is 9.27. The van der Waals surface area contributed by atoms with Gasteiger partial charge in [0.2, 0.25) is 0 Å². The van der Waals surface area contributed by atoms with Gasteiger partial charge in [-0.2, -0.15) is 0 Å². The van der Waals surface area contributed by atoms with Crippen molar-refractivity contribution < 1.29 is 18.7 Å². The Morgan fingerprint density at radius 2 is 1.51 bits per heavy atom. The van der Waals surface area contributed by atoms with Crippen molar-refractivity contribution in [2.24, 2.45) is 7.05 Å². The maximum atomic E-state index is 14.5. The van der Waals surface area contributed by atoms with Crippen molar-refractivity contribution in [1.82, 2.24) is 9.47 Å². The quantitative estimate of drug-likeness (QED) is 0.313. The number of aromatic nitrogens is 1. The van der Waals surface area contributed by atoms with E-state index in [9.17, 15) is 14.0 Å². The van der Waals surface area contributed by atoms with Crippen LogP contribution in [-0.2, 0) is 20.1 Å². The zero-order valence-corrected chi connectivity index (χ0v) is 22.5. The minimum absolute atomic E-state index is 0.209. The Kier molecular flexibility index (Phi) is 7.30. The smallest absolute Gasteiger partial charge is 0.272 e. The van der Waals surface area contributed by atoms with Gasteiger partial charge in [0.1, 0.15) is 23.0 Å². The number of rotatable bonds is 8. The van der Waals surface area contributed by atoms with Crippen LogP contribution in [0.15, 0.2) is 77.6 Å². The number of halogens is 2. The summed E-state index contributed by atoms with van der Waals surface area (Å²) in [5.41, 5.74) is 3.17. The van der Waals surface area contributed by atoms with Crippen LogP contribution in [0.1, 0.15) is 38.8 Å². The van der Waals surface area contributed by atoms with E-state index in [0.29, 0.717) is 34.1 Å². The number of nitrogens with zero attached hydrogens (tertiary/aromatic N) is 2. The number of amides is 1. The van der Waals surface area contributed by atoms with Crippen molar-refractivity contribution in [3.63, 3.8) is 0 Å². The normalized spacial score (nSPS) is 14.3. The summed E-state index contributed by atoms with van der Waals surface area (Å²) in [6.45, 7) is 0.598. The molecular formula is C30H27ClFN3O4. The lowest BCUT2D eigenvalue weighted by Crippen LogP contribution is -2.30. The topological polar surface area (TPSA) is 72.8 Å². The summed E-state index contributed by atoms with van der Waals surface area (Å²) >= 11 is 6.60. The molecule has 0 spiro atoms. The van der Waals surface area contributed by atoms with Gasteiger partial charge in [-0.25, -0.2) is 4.39 Å². The Morgan fingerprint density at radius 3 is 2.13 bits per heavy atom. The number of benzene rings is 3. The number of ether oxygens (including phenoxy) is 2. The second-order valence-corrected chi connectivity index (χ2v) is 9.68. The summed E-state index contributed by atoms with van der Waals surface area (Å²) < 4.78 is 26.4. The van der Waals surface area contributed by atoms with Crippen molar-refractivity contribution in [1.29, 1.82) is 0 Å². The first kappa shape index (κ1) is 26.3. The molecule has 1 atom stereocenters. The van der Waals surface area contributed by atoms with Crippen LogP contribution in [0, 0.1) is 5.82 Å². The molecular weight excluding hydrogens is 521 g/mol. The summed E-state index contributed by atoms with van der Waals surface area (Å²) in [4.78, 5) is 28.5. The van der Waals surface area contributed by atoms with E-state index in [1.807, 2.05) is 48.5 Å². The van der Waals surface area contributed by atoms with Crippen LogP contribution in [0.2, 0.25) is 5.02 Å². The molecule has 0 radical (unpaired) electrons. The monoisotopic (exact) mass is 547 g/mol. The van der Waals surface area contributed by atoms with Crippen LogP contribution in [-0.4, -0.2) is 29.6 Å². The average Bonchev–Trinajstić information content (AvgIpc) is 3.23. The fourth-order valence-corrected chi connectivity index (χ4v) is 5.11. The summed E-state index contributed by atoms with van der Waals surface area (Å²) in [6, 6.07) is 19.7. The molecule has 2 heterocycles. The van der Waals surface area contributed by atoms with Crippen LogP contribution in [0.5, 0.6) is 11.5 Å². The fraction of sp³-hybridized carbons (Fsp3) is 0.200. The molecule has 4 aromatic rings. The zero-order valence-electron chi connectivity index (χ0n) is 21.7. The van der Waals surface area contributed by atoms with Crippen molar-refractivity contribution in [2.75, 3.05) is 19.5 Å². The number of hydrogen-bond acceptors (Lipinski definition) is 5. The number of fused-ring (bicyclic) bond motifs is 1. The van der Waals surface area contributed by atoms with Gasteiger partial charge in [-0.05, 0) is 53.6 Å². The first-order chi connectivity index (χ1) is 18.8. The van der Waals surface area contributed by atoms with E-state index in [0.717, 1.165) is 16.9 Å². The third-order valence-corrected chi connectivity index (χ3v) is 7.28. The molecule has 1 aliphatic heterocycles. The van der Waals surface area contributed by atoms with E-state index in [2.05, 4.69) is 5.32 Å². The van der Waals surface area contributed by atoms with Gasteiger partial charge in [0.25, 0.3) is 11.5 Å². The molecule has 0 fully saturated rings. The van der Waals surface area contributed by atoms with Crippen LogP contribution in [0.3, 0.4) is 0 Å². The summed E-state index contributed by atoms with van der Waals surface area (Å²) in [5, 5.41) is 3.65. The molecule has 5 rings (SSSR count). The van der Waals surface area contributed by atoms with Crippen LogP contribution < -0.4 is 20.3 Å². The molecule has 0 aliphatic carbocycles. The molecule has 0 saturated carbocycles. The standard InChI is InChI=1S/C30H27ClFN3O4/c1-34-26(36)15-25(33-16-18-4-9-21(38-2)10-5-18)27-28(23-14-20(32)8-13-24(23)31)35(30(37)29(27)34)17-19-6-11-22(39-3)12-7-19/h4-15,28,33H,16-17H2,1-3H3. The number of anilines is 1. The van der Waals surface area contributed by atoms with Gasteiger partial charge in [0, 0.05) is 48.0 Å². The van der Waals surface area contributed by atoms with Crippen LogP contribution in [0.4, 0.5) is 10.1 Å². The third-order valence-electron chi connectivity index (χ3n) is 6.93. The van der Waals surface area contributed by atoms with Gasteiger partial charge in [-0.1, -0.05) is 35.9 Å². The average molecular weight is 548 g/mol. The van der Waals surface area contributed by atoms with Gasteiger partial charge in [0.05, 0.1) is 20.3 Å². The number of carbonyl (C=O) groups excluding carboxylic acids is 1. The largest absolute Gasteiger partial charge is 0.497 e. The van der Waals surface area contributed by atoms with Crippen molar-refractivity contribution in [3.8, 4) is 11.5 Å². The zero-order chi connectivity index (χ0) is 27.7. The Balaban J connectivity index is 1.62. The third kappa shape index (κ3) is 5.07. The fourth-order valence-electron chi connectivity index (χ4n) is 4.89. The van der Waals surface area contributed by atoms with E-state index < -0.39 is 11.9 Å². The predicted octanol–water partition coefficient (Wildman–Crippen LogP) is 5.55. The number of hydrogen-bond donors (Lipinski definition) is 1. The molecule has 3 aromatic carbocycles. The first-order valence-corrected chi connectivity index (χ1v) is 12.7. The molecule has 1 amide bonds. The highest BCUT2D eigenvalue weighted by Crippen LogP contribution is 2.45. The van der Waals surface area contributed by atoms with Gasteiger partial charge in [-0.3, -0.25) is 9.59 Å². The molecule has 0 bridgehead atoms. The Bertz CT molecular complexity index is 1590. The van der Waals surface area contributed by atoms with E-state index in [1.54, 1.807) is 26.2 Å².